The highest BCUT2D eigenvalue weighted by atomic mass is 16.4. The number of carbonyl (C=O) groups is 11. The lowest BCUT2D eigenvalue weighted by molar-refractivity contribution is -0.148. The maximum Gasteiger partial charge on any atom is 0.336 e. The summed E-state index contributed by atoms with van der Waals surface area (Å²) < 4.78 is 0. The standard InChI is InChI=1S/C41H70N10O17/c1-7-9-11-12-14-21(13-10-8-2)33(59)45-19(5)32(58)43-15-22-34(60)47-23(17-52)35(61)48-25(18(3)4)38(64)50-27(29(55)30(56)31(42)57)39(65)49-26(20(6)53)37(63)44-16-24(54)36(62)51-28(41(67)68)40(66)46-22/h18-30,52-56H,7-17H2,1-6H3,(H2,42,57)(H,43,58)(H,44,63)(H,45,59)(H,46,66)(H,47,60)(H,48,61)(H,49,65)(H,50,64)(H,51,62)(H,67,68)/t19?,20-,21?,22+,23+,24+,25+,26+,27?,28?,29?,30?/m1/s1. The van der Waals surface area contributed by atoms with E-state index in [2.05, 4.69) is 21.3 Å². The number of rotatable bonds is 20. The van der Waals surface area contributed by atoms with Crippen molar-refractivity contribution in [2.45, 2.75) is 160 Å². The van der Waals surface area contributed by atoms with Gasteiger partial charge in [0.2, 0.25) is 53.3 Å². The van der Waals surface area contributed by atoms with Crippen LogP contribution in [0, 0.1) is 11.8 Å². The molecule has 0 spiro atoms. The first-order valence-corrected chi connectivity index (χ1v) is 22.4. The van der Waals surface area contributed by atoms with Gasteiger partial charge in [0, 0.05) is 12.5 Å². The van der Waals surface area contributed by atoms with Crippen LogP contribution in [0.4, 0.5) is 0 Å². The van der Waals surface area contributed by atoms with Crippen LogP contribution in [0.25, 0.3) is 0 Å². The summed E-state index contributed by atoms with van der Waals surface area (Å²) in [7, 11) is 0. The Labute approximate surface area is 392 Å². The van der Waals surface area contributed by atoms with Crippen molar-refractivity contribution < 1.29 is 83.4 Å². The van der Waals surface area contributed by atoms with Crippen molar-refractivity contribution in [3.05, 3.63) is 0 Å². The second-order valence-corrected chi connectivity index (χ2v) is 16.8. The Kier molecular flexibility index (Phi) is 26.2. The molecule has 27 nitrogen and oxygen atoms in total. The summed E-state index contributed by atoms with van der Waals surface area (Å²) in [6.45, 7) is 5.94. The molecule has 27 heteroatoms. The maximum absolute atomic E-state index is 13.8. The SMILES string of the molecule is CCCCCCC(CCCC)C(=O)NC(C)C(=O)NC[C@@H]1NC(=O)C(C(=O)O)NC(=O)[C@@H](O)CNC(=O)[C@H]([C@@H](C)O)NC(=O)C(C(O)C(O)C(N)=O)NC(=O)[C@H](C(C)C)NC(=O)[C@H](CO)NC1=O. The lowest BCUT2D eigenvalue weighted by Gasteiger charge is -2.31. The molecule has 1 rings (SSSR count). The van der Waals surface area contributed by atoms with Gasteiger partial charge in [-0.15, -0.1) is 0 Å². The number of aliphatic hydroxyl groups is 5. The zero-order chi connectivity index (χ0) is 52.0. The number of amides is 10. The molecule has 0 aliphatic carbocycles. The molecule has 0 aromatic rings. The lowest BCUT2D eigenvalue weighted by Crippen LogP contribution is -2.66. The average Bonchev–Trinajstić information content (AvgIpc) is 3.28. The number of carbonyl (C=O) groups excluding carboxylic acids is 10. The van der Waals surface area contributed by atoms with Gasteiger partial charge in [0.05, 0.1) is 19.3 Å². The first kappa shape index (κ1) is 60.0. The molecule has 1 aliphatic rings. The number of hydrogen-bond donors (Lipinski definition) is 16. The van der Waals surface area contributed by atoms with Gasteiger partial charge in [-0.2, -0.15) is 0 Å². The first-order chi connectivity index (χ1) is 31.8. The minimum Gasteiger partial charge on any atom is -0.479 e. The van der Waals surface area contributed by atoms with Crippen molar-refractivity contribution in [1.29, 1.82) is 0 Å². The van der Waals surface area contributed by atoms with Gasteiger partial charge >= 0.3 is 5.97 Å². The summed E-state index contributed by atoms with van der Waals surface area (Å²) >= 11 is 0. The van der Waals surface area contributed by atoms with Crippen molar-refractivity contribution in [3.8, 4) is 0 Å². The van der Waals surface area contributed by atoms with Crippen LogP contribution in [-0.4, -0.2) is 182 Å². The van der Waals surface area contributed by atoms with Crippen molar-refractivity contribution in [1.82, 2.24) is 47.9 Å². The van der Waals surface area contributed by atoms with Gasteiger partial charge in [-0.05, 0) is 32.6 Å². The van der Waals surface area contributed by atoms with Crippen LogP contribution in [0.2, 0.25) is 0 Å². The predicted octanol–water partition coefficient (Wildman–Crippen LogP) is -6.90. The van der Waals surface area contributed by atoms with E-state index in [1.165, 1.54) is 20.8 Å². The van der Waals surface area contributed by atoms with Crippen molar-refractivity contribution in [2.75, 3.05) is 19.7 Å². The molecular weight excluding hydrogens is 905 g/mol. The molecule has 1 aliphatic heterocycles. The van der Waals surface area contributed by atoms with Crippen LogP contribution in [0.3, 0.4) is 0 Å². The number of β-amino-alcohol motifs (C(OH)–C–C–N with tert-alkyl or cyclic N) is 1. The first-order valence-electron chi connectivity index (χ1n) is 22.4. The molecule has 0 radical (unpaired) electrons. The largest absolute Gasteiger partial charge is 0.479 e. The molecule has 17 N–H and O–H groups in total. The molecule has 6 unspecified atom stereocenters. The second-order valence-electron chi connectivity index (χ2n) is 16.8. The van der Waals surface area contributed by atoms with E-state index < -0.39 is 163 Å². The van der Waals surface area contributed by atoms with E-state index in [9.17, 15) is 83.4 Å². The number of aliphatic carboxylic acids is 1. The Bertz CT molecular complexity index is 1790. The van der Waals surface area contributed by atoms with Crippen LogP contribution in [-0.2, 0) is 52.7 Å². The maximum atomic E-state index is 13.8. The third-order valence-corrected chi connectivity index (χ3v) is 10.8. The Balaban J connectivity index is 3.71. The number of nitrogens with two attached hydrogens (primary N) is 1. The second kappa shape index (κ2) is 29.7. The number of primary amides is 1. The van der Waals surface area contributed by atoms with Gasteiger partial charge in [-0.3, -0.25) is 47.9 Å². The lowest BCUT2D eigenvalue weighted by atomic mass is 9.94. The van der Waals surface area contributed by atoms with E-state index in [0.717, 1.165) is 45.4 Å². The quantitative estimate of drug-likeness (QED) is 0.0398. The van der Waals surface area contributed by atoms with Crippen molar-refractivity contribution >= 4 is 65.0 Å². The van der Waals surface area contributed by atoms with Gasteiger partial charge in [0.1, 0.15) is 48.5 Å². The molecule has 68 heavy (non-hydrogen) atoms. The molecule has 0 bridgehead atoms. The number of aliphatic hydroxyl groups excluding tert-OH is 5. The normalized spacial score (nSPS) is 25.1. The van der Waals surface area contributed by atoms with Crippen LogP contribution >= 0.6 is 0 Å². The summed E-state index contributed by atoms with van der Waals surface area (Å²) in [6.07, 6.45) is -2.85. The minimum absolute atomic E-state index is 0.398. The Hall–Kier alpha value is -6.03. The van der Waals surface area contributed by atoms with Crippen molar-refractivity contribution in [2.24, 2.45) is 17.6 Å². The third-order valence-electron chi connectivity index (χ3n) is 10.8. The van der Waals surface area contributed by atoms with Crippen LogP contribution < -0.4 is 53.6 Å². The number of unbranched alkanes of at least 4 members (excludes halogenated alkanes) is 4. The van der Waals surface area contributed by atoms with Crippen molar-refractivity contribution in [3.63, 3.8) is 0 Å². The van der Waals surface area contributed by atoms with E-state index in [0.29, 0.717) is 12.8 Å². The average molecular weight is 975 g/mol. The summed E-state index contributed by atoms with van der Waals surface area (Å²) in [5.41, 5.74) is 5.08. The fourth-order valence-electron chi connectivity index (χ4n) is 6.57. The summed E-state index contributed by atoms with van der Waals surface area (Å²) in [5.74, 6) is -16.3. The summed E-state index contributed by atoms with van der Waals surface area (Å²) in [5, 5.41) is 81.0. The highest BCUT2D eigenvalue weighted by Crippen LogP contribution is 2.18. The van der Waals surface area contributed by atoms with Gasteiger partial charge < -0.3 is 84.2 Å². The number of hydrogen-bond acceptors (Lipinski definition) is 16. The molecule has 1 heterocycles. The summed E-state index contributed by atoms with van der Waals surface area (Å²) in [6, 6.07) is -13.9. The minimum atomic E-state index is -2.59. The fraction of sp³-hybridized carbons (Fsp3) is 0.732. The number of carboxylic acids is 1. The van der Waals surface area contributed by atoms with Gasteiger partial charge in [-0.1, -0.05) is 66.2 Å². The highest BCUT2D eigenvalue weighted by Gasteiger charge is 2.41. The van der Waals surface area contributed by atoms with Crippen LogP contribution in [0.15, 0.2) is 0 Å². The highest BCUT2D eigenvalue weighted by molar-refractivity contribution is 6.06. The smallest absolute Gasteiger partial charge is 0.336 e. The Morgan fingerprint density at radius 1 is 0.662 bits per heavy atom. The van der Waals surface area contributed by atoms with E-state index in [1.807, 2.05) is 35.1 Å². The molecule has 0 saturated carbocycles. The van der Waals surface area contributed by atoms with Gasteiger partial charge in [-0.25, -0.2) is 4.79 Å². The third kappa shape index (κ3) is 19.3. The molecular formula is C41H70N10O17. The van der Waals surface area contributed by atoms with E-state index in [-0.39, 0.29) is 0 Å². The van der Waals surface area contributed by atoms with Gasteiger partial charge in [0.25, 0.3) is 11.8 Å². The zero-order valence-corrected chi connectivity index (χ0v) is 39.0. The van der Waals surface area contributed by atoms with Crippen LogP contribution in [0.1, 0.15) is 92.9 Å². The predicted molar refractivity (Wildman–Crippen MR) is 235 cm³/mol. The fourth-order valence-corrected chi connectivity index (χ4v) is 6.57. The number of carboxylic acid groups (broad SMARTS) is 1. The van der Waals surface area contributed by atoms with E-state index in [4.69, 9.17) is 5.73 Å². The molecule has 1 saturated heterocycles. The number of nitrogens with one attached hydrogen (secondary N) is 9. The topological polar surface area (TPSA) is 443 Å². The summed E-state index contributed by atoms with van der Waals surface area (Å²) in [4.78, 5) is 145. The molecule has 0 aromatic heterocycles. The van der Waals surface area contributed by atoms with E-state index in [1.54, 1.807) is 5.32 Å². The van der Waals surface area contributed by atoms with Gasteiger partial charge in [0.15, 0.2) is 6.10 Å². The molecule has 12 atom stereocenters. The molecule has 10 amide bonds. The Morgan fingerprint density at radius 3 is 1.75 bits per heavy atom. The molecule has 0 aromatic carbocycles. The molecule has 386 valence electrons. The molecule has 1 fully saturated rings. The van der Waals surface area contributed by atoms with E-state index >= 15 is 0 Å². The van der Waals surface area contributed by atoms with Crippen LogP contribution in [0.5, 0.6) is 0 Å². The zero-order valence-electron chi connectivity index (χ0n) is 39.0. The monoisotopic (exact) mass is 974 g/mol. The Morgan fingerprint density at radius 2 is 1.21 bits per heavy atom.